The summed E-state index contributed by atoms with van der Waals surface area (Å²) in [6, 6.07) is 8.84. The van der Waals surface area contributed by atoms with E-state index in [0.717, 1.165) is 0 Å². The van der Waals surface area contributed by atoms with Crippen molar-refractivity contribution in [2.45, 2.75) is 18.9 Å². The summed E-state index contributed by atoms with van der Waals surface area (Å²) in [6.45, 7) is 1.95. The Morgan fingerprint density at radius 2 is 2.12 bits per heavy atom. The van der Waals surface area contributed by atoms with Crippen molar-refractivity contribution < 1.29 is 14.3 Å². The summed E-state index contributed by atoms with van der Waals surface area (Å²) in [6.07, 6.45) is 1.27. The maximum Gasteiger partial charge on any atom is 0.331 e. The Balaban J connectivity index is 3.09. The van der Waals surface area contributed by atoms with Crippen molar-refractivity contribution in [2.75, 3.05) is 6.61 Å². The molecule has 17 heavy (non-hydrogen) atoms. The smallest absolute Gasteiger partial charge is 0.331 e. The van der Waals surface area contributed by atoms with E-state index in [9.17, 15) is 9.59 Å². The van der Waals surface area contributed by atoms with Gasteiger partial charge in [-0.05, 0) is 12.5 Å². The molecule has 0 radical (unpaired) electrons. The van der Waals surface area contributed by atoms with Crippen LogP contribution in [0.5, 0.6) is 0 Å². The molecule has 0 aliphatic rings. The highest BCUT2D eigenvalue weighted by Crippen LogP contribution is 2.24. The molecular weight excluding hydrogens is 218 g/mol. The third-order valence-corrected chi connectivity index (χ3v) is 2.44. The highest BCUT2D eigenvalue weighted by Gasteiger charge is 2.36. The maximum atomic E-state index is 11.9. The van der Waals surface area contributed by atoms with Crippen LogP contribution in [0, 0.1) is 0 Å². The zero-order valence-electron chi connectivity index (χ0n) is 9.68. The van der Waals surface area contributed by atoms with Crippen LogP contribution in [-0.4, -0.2) is 18.5 Å². The van der Waals surface area contributed by atoms with Gasteiger partial charge >= 0.3 is 5.97 Å². The molecule has 0 amide bonds. The van der Waals surface area contributed by atoms with Crippen molar-refractivity contribution in [3.8, 4) is 0 Å². The lowest BCUT2D eigenvalue weighted by atomic mass is 9.88. The van der Waals surface area contributed by atoms with Crippen molar-refractivity contribution in [3.05, 3.63) is 42.0 Å². The summed E-state index contributed by atoms with van der Waals surface area (Å²) >= 11 is 0. The van der Waals surface area contributed by atoms with Crippen molar-refractivity contribution in [1.82, 2.24) is 0 Å². The summed E-state index contributed by atoms with van der Waals surface area (Å²) < 4.78 is 4.94. The third kappa shape index (κ3) is 3.03. The van der Waals surface area contributed by atoms with E-state index in [-0.39, 0.29) is 13.0 Å². The first kappa shape index (κ1) is 13.2. The first-order chi connectivity index (χ1) is 8.15. The molecule has 0 heterocycles. The van der Waals surface area contributed by atoms with Crippen LogP contribution in [0.15, 0.2) is 36.4 Å². The topological polar surface area (TPSA) is 69.4 Å². The Hall–Kier alpha value is -1.90. The number of hydrogen-bond acceptors (Lipinski definition) is 4. The zero-order chi connectivity index (χ0) is 12.7. The first-order valence-corrected chi connectivity index (χ1v) is 5.36. The molecule has 0 saturated carbocycles. The van der Waals surface area contributed by atoms with Crippen molar-refractivity contribution in [3.63, 3.8) is 0 Å². The number of hydrogen-bond donors (Lipinski definition) is 1. The maximum absolute atomic E-state index is 11.9. The van der Waals surface area contributed by atoms with Crippen LogP contribution in [0.2, 0.25) is 0 Å². The minimum absolute atomic E-state index is 0.0688. The van der Waals surface area contributed by atoms with Crippen LogP contribution in [-0.2, 0) is 19.9 Å². The highest BCUT2D eigenvalue weighted by molar-refractivity contribution is 5.83. The van der Waals surface area contributed by atoms with E-state index in [1.807, 2.05) is 6.07 Å². The van der Waals surface area contributed by atoms with E-state index >= 15 is 0 Å². The molecule has 4 nitrogen and oxygen atoms in total. The van der Waals surface area contributed by atoms with Gasteiger partial charge in [-0.2, -0.15) is 0 Å². The minimum atomic E-state index is -1.32. The zero-order valence-corrected chi connectivity index (χ0v) is 9.68. The van der Waals surface area contributed by atoms with Crippen molar-refractivity contribution in [2.24, 2.45) is 5.73 Å². The number of rotatable bonds is 5. The van der Waals surface area contributed by atoms with Crippen LogP contribution in [0.25, 0.3) is 0 Å². The molecule has 2 N–H and O–H groups in total. The monoisotopic (exact) mass is 233 g/mol. The Labute approximate surface area is 100 Å². The molecule has 1 aromatic rings. The van der Waals surface area contributed by atoms with Gasteiger partial charge in [-0.15, -0.1) is 0 Å². The summed E-state index contributed by atoms with van der Waals surface area (Å²) in [5.41, 5.74) is 5.34. The van der Waals surface area contributed by atoms with Crippen LogP contribution >= 0.6 is 0 Å². The average Bonchev–Trinajstić information content (AvgIpc) is 2.37. The predicted molar refractivity (Wildman–Crippen MR) is 63.8 cm³/mol. The molecule has 0 bridgehead atoms. The fourth-order valence-electron chi connectivity index (χ4n) is 1.52. The molecule has 1 atom stereocenters. The standard InChI is InChI=1S/C13H15NO3/c1-2-17-12(16)13(14,9-6-10-15)11-7-4-3-5-8-11/h3-8H,2,9,14H2,1H3. The van der Waals surface area contributed by atoms with Gasteiger partial charge in [-0.25, -0.2) is 9.59 Å². The van der Waals surface area contributed by atoms with Gasteiger partial charge in [0.2, 0.25) is 0 Å². The van der Waals surface area contributed by atoms with Gasteiger partial charge in [0, 0.05) is 12.5 Å². The van der Waals surface area contributed by atoms with Crippen molar-refractivity contribution in [1.29, 1.82) is 0 Å². The highest BCUT2D eigenvalue weighted by atomic mass is 16.5. The lowest BCUT2D eigenvalue weighted by Gasteiger charge is -2.25. The van der Waals surface area contributed by atoms with E-state index < -0.39 is 11.5 Å². The molecule has 0 aliphatic carbocycles. The number of carbonyl (C=O) groups excluding carboxylic acids is 2. The molecule has 90 valence electrons. The summed E-state index contributed by atoms with van der Waals surface area (Å²) in [7, 11) is 0. The van der Waals surface area contributed by atoms with Crippen LogP contribution < -0.4 is 5.73 Å². The van der Waals surface area contributed by atoms with Gasteiger partial charge in [0.15, 0.2) is 0 Å². The van der Waals surface area contributed by atoms with E-state index in [4.69, 9.17) is 10.5 Å². The predicted octanol–water partition coefficient (Wildman–Crippen LogP) is 1.18. The molecule has 1 rings (SSSR count). The number of carbonyl (C=O) groups is 1. The fraction of sp³-hybridized carbons (Fsp3) is 0.308. The van der Waals surface area contributed by atoms with Crippen LogP contribution in [0.1, 0.15) is 18.9 Å². The van der Waals surface area contributed by atoms with Gasteiger partial charge in [0.05, 0.1) is 6.61 Å². The Morgan fingerprint density at radius 1 is 1.47 bits per heavy atom. The van der Waals surface area contributed by atoms with Gasteiger partial charge < -0.3 is 10.5 Å². The lowest BCUT2D eigenvalue weighted by Crippen LogP contribution is -2.45. The number of benzene rings is 1. The lowest BCUT2D eigenvalue weighted by molar-refractivity contribution is -0.150. The van der Waals surface area contributed by atoms with Crippen LogP contribution in [0.4, 0.5) is 0 Å². The van der Waals surface area contributed by atoms with E-state index in [1.54, 1.807) is 37.1 Å². The molecule has 0 saturated heterocycles. The third-order valence-electron chi connectivity index (χ3n) is 2.44. The second-order valence-electron chi connectivity index (χ2n) is 3.58. The van der Waals surface area contributed by atoms with E-state index in [2.05, 4.69) is 0 Å². The Morgan fingerprint density at radius 3 is 2.65 bits per heavy atom. The van der Waals surface area contributed by atoms with E-state index in [1.165, 1.54) is 6.08 Å². The Bertz CT molecular complexity index is 424. The molecule has 0 fully saturated rings. The van der Waals surface area contributed by atoms with E-state index in [0.29, 0.717) is 5.56 Å². The molecule has 1 unspecified atom stereocenters. The Kier molecular flexibility index (Phi) is 4.64. The van der Waals surface area contributed by atoms with Crippen LogP contribution in [0.3, 0.4) is 0 Å². The second kappa shape index (κ2) is 5.99. The largest absolute Gasteiger partial charge is 0.464 e. The molecule has 1 aromatic carbocycles. The molecule has 0 spiro atoms. The molecule has 0 aliphatic heterocycles. The summed E-state index contributed by atoms with van der Waals surface area (Å²) in [5.74, 6) is 1.08. The van der Waals surface area contributed by atoms with Gasteiger partial charge in [0.1, 0.15) is 11.5 Å². The number of ether oxygens (including phenoxy) is 1. The normalized spacial score (nSPS) is 13.3. The minimum Gasteiger partial charge on any atom is -0.464 e. The number of nitrogens with two attached hydrogens (primary N) is 1. The molecule has 4 heteroatoms. The van der Waals surface area contributed by atoms with Gasteiger partial charge in [-0.3, -0.25) is 0 Å². The molecule has 0 aromatic heterocycles. The average molecular weight is 233 g/mol. The van der Waals surface area contributed by atoms with Crippen molar-refractivity contribution >= 4 is 11.9 Å². The fourth-order valence-corrected chi connectivity index (χ4v) is 1.52. The summed E-state index contributed by atoms with van der Waals surface area (Å²) in [5, 5.41) is 0. The summed E-state index contributed by atoms with van der Waals surface area (Å²) in [4.78, 5) is 22.1. The second-order valence-corrected chi connectivity index (χ2v) is 3.58. The van der Waals surface area contributed by atoms with Gasteiger partial charge in [-0.1, -0.05) is 30.3 Å². The first-order valence-electron chi connectivity index (χ1n) is 5.36. The SMILES string of the molecule is CCOC(=O)C(N)(CC=C=O)c1ccccc1. The number of esters is 1. The van der Waals surface area contributed by atoms with Gasteiger partial charge in [0.25, 0.3) is 0 Å². The molecular formula is C13H15NO3. The quantitative estimate of drug-likeness (QED) is 0.612.